The van der Waals surface area contributed by atoms with Gasteiger partial charge < -0.3 is 19.3 Å². The van der Waals surface area contributed by atoms with E-state index in [-0.39, 0.29) is 18.4 Å². The Labute approximate surface area is 221 Å². The summed E-state index contributed by atoms with van der Waals surface area (Å²) in [4.78, 5) is 35.2. The molecule has 7 nitrogen and oxygen atoms in total. The van der Waals surface area contributed by atoms with E-state index in [1.54, 1.807) is 0 Å². The van der Waals surface area contributed by atoms with Crippen LogP contribution in [0.3, 0.4) is 0 Å². The van der Waals surface area contributed by atoms with Crippen LogP contribution >= 0.6 is 11.8 Å². The highest BCUT2D eigenvalue weighted by molar-refractivity contribution is 8.16. The van der Waals surface area contributed by atoms with Crippen molar-refractivity contribution in [2.75, 3.05) is 13.1 Å². The van der Waals surface area contributed by atoms with Gasteiger partial charge in [-0.05, 0) is 68.8 Å². The smallest absolute Gasteiger partial charge is 0.338 e. The lowest BCUT2D eigenvalue weighted by atomic mass is 9.93. The summed E-state index contributed by atoms with van der Waals surface area (Å²) in [7, 11) is 0. The van der Waals surface area contributed by atoms with Gasteiger partial charge in [0, 0.05) is 18.8 Å². The number of rotatable bonds is 7. The van der Waals surface area contributed by atoms with E-state index < -0.39 is 12.0 Å². The molecule has 192 valence electrons. The van der Waals surface area contributed by atoms with E-state index in [0.717, 1.165) is 48.1 Å². The van der Waals surface area contributed by atoms with E-state index in [1.807, 2.05) is 90.6 Å². The summed E-state index contributed by atoms with van der Waals surface area (Å²) in [6, 6.07) is 16.8. The second-order valence-electron chi connectivity index (χ2n) is 9.60. The summed E-state index contributed by atoms with van der Waals surface area (Å²) in [5.41, 5.74) is 2.78. The largest absolute Gasteiger partial charge is 0.459 e. The van der Waals surface area contributed by atoms with Crippen molar-refractivity contribution in [3.63, 3.8) is 0 Å². The van der Waals surface area contributed by atoms with Crippen LogP contribution in [0.5, 0.6) is 11.5 Å². The van der Waals surface area contributed by atoms with Crippen molar-refractivity contribution in [3.8, 4) is 11.5 Å². The number of amides is 1. The summed E-state index contributed by atoms with van der Waals surface area (Å²) in [5.74, 6) is 1.08. The highest BCUT2D eigenvalue weighted by Gasteiger charge is 2.41. The van der Waals surface area contributed by atoms with Crippen LogP contribution in [-0.4, -0.2) is 46.0 Å². The first-order valence-electron chi connectivity index (χ1n) is 12.7. The summed E-state index contributed by atoms with van der Waals surface area (Å²) in [6.07, 6.45) is 2.07. The zero-order chi connectivity index (χ0) is 25.9. The summed E-state index contributed by atoms with van der Waals surface area (Å²) in [5, 5.41) is 2.73. The third kappa shape index (κ3) is 5.44. The quantitative estimate of drug-likeness (QED) is 0.419. The van der Waals surface area contributed by atoms with Crippen LogP contribution in [0.4, 0.5) is 0 Å². The Kier molecular flexibility index (Phi) is 7.37. The van der Waals surface area contributed by atoms with Gasteiger partial charge >= 0.3 is 5.97 Å². The zero-order valence-corrected chi connectivity index (χ0v) is 22.2. The molecule has 1 saturated heterocycles. The fourth-order valence-corrected chi connectivity index (χ4v) is 5.79. The Hall–Kier alpha value is -3.52. The number of carbonyl (C=O) groups excluding carboxylic acids is 2. The average Bonchev–Trinajstić information content (AvgIpc) is 3.54. The van der Waals surface area contributed by atoms with Gasteiger partial charge in [-0.3, -0.25) is 4.79 Å². The standard InChI is InChI=1S/C29H31N3O4S/c1-19(2)35-28(34)26-20(3)30-29-32(22(18-37-29)17-25(33)31-14-7-8-15-31)27(26)21-10-9-13-24(16-21)36-23-11-5-4-6-12-23/h4-6,9-13,16,18-19,27H,7-8,14-15,17H2,1-3H3/t27-/m0/s1. The van der Waals surface area contributed by atoms with Crippen molar-refractivity contribution in [2.45, 2.75) is 52.2 Å². The monoisotopic (exact) mass is 517 g/mol. The van der Waals surface area contributed by atoms with Gasteiger partial charge in [-0.1, -0.05) is 42.1 Å². The highest BCUT2D eigenvalue weighted by Crippen LogP contribution is 2.45. The maximum Gasteiger partial charge on any atom is 0.338 e. The lowest BCUT2D eigenvalue weighted by molar-refractivity contribution is -0.143. The molecule has 5 rings (SSSR count). The van der Waals surface area contributed by atoms with Gasteiger partial charge in [0.25, 0.3) is 0 Å². The molecular formula is C29H31N3O4S. The maximum atomic E-state index is 13.4. The molecule has 1 fully saturated rings. The minimum Gasteiger partial charge on any atom is -0.459 e. The molecule has 0 saturated carbocycles. The first-order chi connectivity index (χ1) is 17.9. The number of likely N-dealkylation sites (tertiary alicyclic amines) is 1. The van der Waals surface area contributed by atoms with Crippen LogP contribution in [0.2, 0.25) is 0 Å². The molecule has 3 aliphatic rings. The Morgan fingerprint density at radius 3 is 2.51 bits per heavy atom. The number of fused-ring (bicyclic) bond motifs is 1. The van der Waals surface area contributed by atoms with Crippen LogP contribution in [-0.2, 0) is 14.3 Å². The molecular weight excluding hydrogens is 486 g/mol. The number of hydrogen-bond donors (Lipinski definition) is 0. The van der Waals surface area contributed by atoms with Gasteiger partial charge in [-0.2, -0.15) is 0 Å². The minimum absolute atomic E-state index is 0.100. The molecule has 0 spiro atoms. The van der Waals surface area contributed by atoms with E-state index in [1.165, 1.54) is 11.8 Å². The Morgan fingerprint density at radius 2 is 1.78 bits per heavy atom. The van der Waals surface area contributed by atoms with E-state index >= 15 is 0 Å². The Bertz CT molecular complexity index is 1280. The van der Waals surface area contributed by atoms with Gasteiger partial charge in [0.15, 0.2) is 5.17 Å². The molecule has 0 bridgehead atoms. The Morgan fingerprint density at radius 1 is 1.05 bits per heavy atom. The predicted octanol–water partition coefficient (Wildman–Crippen LogP) is 6.02. The molecule has 0 radical (unpaired) electrons. The SMILES string of the molecule is CC1=C(C(=O)OC(C)C)[C@H](c2cccc(Oc3ccccc3)c2)N2C(CC(=O)N3CCCC3)=CSC2=N1. The molecule has 0 aliphatic carbocycles. The topological polar surface area (TPSA) is 71.4 Å². The molecule has 1 atom stereocenters. The molecule has 1 amide bonds. The Balaban J connectivity index is 1.52. The van der Waals surface area contributed by atoms with Crippen LogP contribution in [0.1, 0.15) is 51.6 Å². The van der Waals surface area contributed by atoms with Gasteiger partial charge in [0.05, 0.1) is 29.8 Å². The molecule has 0 N–H and O–H groups in total. The number of para-hydroxylation sites is 1. The van der Waals surface area contributed by atoms with Crippen molar-refractivity contribution < 1.29 is 19.1 Å². The number of aliphatic imine (C=N–C) groups is 1. The van der Waals surface area contributed by atoms with Crippen LogP contribution in [0, 0.1) is 0 Å². The van der Waals surface area contributed by atoms with Gasteiger partial charge in [0.2, 0.25) is 5.91 Å². The lowest BCUT2D eigenvalue weighted by Crippen LogP contribution is -2.38. The van der Waals surface area contributed by atoms with Crippen molar-refractivity contribution in [3.05, 3.63) is 82.5 Å². The molecule has 2 aromatic carbocycles. The highest BCUT2D eigenvalue weighted by atomic mass is 32.2. The summed E-state index contributed by atoms with van der Waals surface area (Å²) >= 11 is 1.48. The molecule has 3 aliphatic heterocycles. The predicted molar refractivity (Wildman–Crippen MR) is 145 cm³/mol. The normalized spacial score (nSPS) is 19.1. The number of benzene rings is 2. The van der Waals surface area contributed by atoms with E-state index in [0.29, 0.717) is 17.0 Å². The van der Waals surface area contributed by atoms with Crippen LogP contribution in [0.25, 0.3) is 0 Å². The fourth-order valence-electron chi connectivity index (χ4n) is 4.83. The lowest BCUT2D eigenvalue weighted by Gasteiger charge is -2.36. The molecule has 0 unspecified atom stereocenters. The van der Waals surface area contributed by atoms with Crippen molar-refractivity contribution >= 4 is 28.8 Å². The van der Waals surface area contributed by atoms with Crippen molar-refractivity contribution in [2.24, 2.45) is 4.99 Å². The first kappa shape index (κ1) is 25.1. The number of ether oxygens (including phenoxy) is 2. The number of carbonyl (C=O) groups is 2. The average molecular weight is 518 g/mol. The van der Waals surface area contributed by atoms with Crippen molar-refractivity contribution in [1.82, 2.24) is 9.80 Å². The molecule has 3 heterocycles. The minimum atomic E-state index is -0.495. The second-order valence-corrected chi connectivity index (χ2v) is 10.4. The number of hydrogen-bond acceptors (Lipinski definition) is 7. The van der Waals surface area contributed by atoms with Gasteiger partial charge in [-0.25, -0.2) is 9.79 Å². The zero-order valence-electron chi connectivity index (χ0n) is 21.3. The molecule has 0 aromatic heterocycles. The summed E-state index contributed by atoms with van der Waals surface area (Å²) < 4.78 is 11.8. The number of nitrogens with zero attached hydrogens (tertiary/aromatic N) is 3. The van der Waals surface area contributed by atoms with Crippen LogP contribution < -0.4 is 4.74 Å². The summed E-state index contributed by atoms with van der Waals surface area (Å²) in [6.45, 7) is 7.11. The van der Waals surface area contributed by atoms with Crippen molar-refractivity contribution in [1.29, 1.82) is 0 Å². The number of amidine groups is 1. The van der Waals surface area contributed by atoms with E-state index in [9.17, 15) is 9.59 Å². The number of esters is 1. The fraction of sp³-hybridized carbons (Fsp3) is 0.345. The number of allylic oxidation sites excluding steroid dienone is 1. The molecule has 37 heavy (non-hydrogen) atoms. The molecule has 8 heteroatoms. The molecule has 2 aromatic rings. The van der Waals surface area contributed by atoms with E-state index in [2.05, 4.69) is 0 Å². The second kappa shape index (κ2) is 10.8. The number of thioether (sulfide) groups is 1. The maximum absolute atomic E-state index is 13.4. The first-order valence-corrected chi connectivity index (χ1v) is 13.5. The van der Waals surface area contributed by atoms with E-state index in [4.69, 9.17) is 14.5 Å². The van der Waals surface area contributed by atoms with Gasteiger partial charge in [0.1, 0.15) is 11.5 Å². The van der Waals surface area contributed by atoms with Gasteiger partial charge in [-0.15, -0.1) is 0 Å². The van der Waals surface area contributed by atoms with Crippen LogP contribution in [0.15, 0.2) is 82.0 Å². The third-order valence-corrected chi connectivity index (χ3v) is 7.40. The third-order valence-electron chi connectivity index (χ3n) is 6.51.